The SMILES string of the molecule is O=C(NC/C=C/CCl)c1ccc(Cl)cc1Cl. The zero-order valence-corrected chi connectivity index (χ0v) is 10.6. The summed E-state index contributed by atoms with van der Waals surface area (Å²) in [5.41, 5.74) is 0.408. The highest BCUT2D eigenvalue weighted by Gasteiger charge is 2.08. The van der Waals surface area contributed by atoms with E-state index in [0.717, 1.165) is 0 Å². The van der Waals surface area contributed by atoms with Crippen molar-refractivity contribution in [2.45, 2.75) is 0 Å². The standard InChI is InChI=1S/C11H10Cl3NO/c12-5-1-2-6-15-11(16)9-4-3-8(13)7-10(9)14/h1-4,7H,5-6H2,(H,15,16)/b2-1+. The van der Waals surface area contributed by atoms with Gasteiger partial charge in [-0.3, -0.25) is 4.79 Å². The van der Waals surface area contributed by atoms with Gasteiger partial charge in [0.15, 0.2) is 0 Å². The quantitative estimate of drug-likeness (QED) is 0.663. The maximum Gasteiger partial charge on any atom is 0.253 e. The van der Waals surface area contributed by atoms with E-state index in [1.54, 1.807) is 24.3 Å². The zero-order chi connectivity index (χ0) is 12.0. The first kappa shape index (κ1) is 13.4. The highest BCUT2D eigenvalue weighted by Crippen LogP contribution is 2.20. The van der Waals surface area contributed by atoms with E-state index in [4.69, 9.17) is 34.8 Å². The molecule has 0 aromatic heterocycles. The third-order valence-corrected chi connectivity index (χ3v) is 2.54. The lowest BCUT2D eigenvalue weighted by molar-refractivity contribution is 0.0958. The molecule has 0 unspecified atom stereocenters. The van der Waals surface area contributed by atoms with Crippen molar-refractivity contribution in [1.82, 2.24) is 5.32 Å². The van der Waals surface area contributed by atoms with Gasteiger partial charge in [0.05, 0.1) is 10.6 Å². The molecule has 0 bridgehead atoms. The van der Waals surface area contributed by atoms with Crippen molar-refractivity contribution in [3.05, 3.63) is 46.0 Å². The van der Waals surface area contributed by atoms with Crippen LogP contribution in [0.5, 0.6) is 0 Å². The molecular formula is C11H10Cl3NO. The molecule has 0 saturated carbocycles. The normalized spacial score (nSPS) is 10.7. The van der Waals surface area contributed by atoms with E-state index < -0.39 is 0 Å². The highest BCUT2D eigenvalue weighted by atomic mass is 35.5. The number of nitrogens with one attached hydrogen (secondary N) is 1. The molecule has 0 radical (unpaired) electrons. The third kappa shape index (κ3) is 4.05. The summed E-state index contributed by atoms with van der Waals surface area (Å²) in [4.78, 5) is 11.6. The van der Waals surface area contributed by atoms with Crippen molar-refractivity contribution in [2.24, 2.45) is 0 Å². The molecule has 5 heteroatoms. The summed E-state index contributed by atoms with van der Waals surface area (Å²) in [6, 6.07) is 4.74. The number of halogens is 3. The molecule has 0 heterocycles. The summed E-state index contributed by atoms with van der Waals surface area (Å²) in [5.74, 6) is 0.193. The average Bonchev–Trinajstić information content (AvgIpc) is 2.24. The van der Waals surface area contributed by atoms with Gasteiger partial charge in [-0.15, -0.1) is 11.6 Å². The van der Waals surface area contributed by atoms with E-state index in [2.05, 4.69) is 5.32 Å². The van der Waals surface area contributed by atoms with Crippen LogP contribution in [0.2, 0.25) is 10.0 Å². The number of carbonyl (C=O) groups excluding carboxylic acids is 1. The Morgan fingerprint density at radius 3 is 2.69 bits per heavy atom. The van der Waals surface area contributed by atoms with Gasteiger partial charge in [-0.05, 0) is 18.2 Å². The lowest BCUT2D eigenvalue weighted by Gasteiger charge is -2.04. The summed E-state index contributed by atoms with van der Waals surface area (Å²) in [6.45, 7) is 0.421. The molecule has 1 N–H and O–H groups in total. The van der Waals surface area contributed by atoms with Crippen LogP contribution in [0.4, 0.5) is 0 Å². The fourth-order valence-electron chi connectivity index (χ4n) is 1.07. The minimum Gasteiger partial charge on any atom is -0.349 e. The topological polar surface area (TPSA) is 29.1 Å². The van der Waals surface area contributed by atoms with Gasteiger partial charge in [0.1, 0.15) is 0 Å². The first-order chi connectivity index (χ1) is 7.65. The second kappa shape index (κ2) is 6.79. The number of allylic oxidation sites excluding steroid dienone is 1. The Bertz CT molecular complexity index is 404. The molecule has 2 nitrogen and oxygen atoms in total. The summed E-state index contributed by atoms with van der Waals surface area (Å²) < 4.78 is 0. The summed E-state index contributed by atoms with van der Waals surface area (Å²) in [5, 5.41) is 3.52. The van der Waals surface area contributed by atoms with Gasteiger partial charge in [-0.1, -0.05) is 35.4 Å². The van der Waals surface area contributed by atoms with Gasteiger partial charge in [0.25, 0.3) is 5.91 Å². The van der Waals surface area contributed by atoms with E-state index in [1.807, 2.05) is 0 Å². The Hall–Kier alpha value is -0.700. The zero-order valence-electron chi connectivity index (χ0n) is 8.34. The molecule has 1 aromatic rings. The van der Waals surface area contributed by atoms with Gasteiger partial charge >= 0.3 is 0 Å². The summed E-state index contributed by atoms with van der Waals surface area (Å²) >= 11 is 17.0. The van der Waals surface area contributed by atoms with E-state index in [9.17, 15) is 4.79 Å². The average molecular weight is 279 g/mol. The fraction of sp³-hybridized carbons (Fsp3) is 0.182. The predicted molar refractivity (Wildman–Crippen MR) is 68.7 cm³/mol. The monoisotopic (exact) mass is 277 g/mol. The number of rotatable bonds is 4. The van der Waals surface area contributed by atoms with E-state index in [0.29, 0.717) is 28.0 Å². The molecule has 0 aliphatic carbocycles. The smallest absolute Gasteiger partial charge is 0.253 e. The van der Waals surface area contributed by atoms with Crippen molar-refractivity contribution in [1.29, 1.82) is 0 Å². The lowest BCUT2D eigenvalue weighted by Crippen LogP contribution is -2.23. The van der Waals surface area contributed by atoms with Crippen LogP contribution >= 0.6 is 34.8 Å². The van der Waals surface area contributed by atoms with Crippen LogP contribution in [0, 0.1) is 0 Å². The molecule has 0 aliphatic heterocycles. The van der Waals surface area contributed by atoms with Crippen LogP contribution in [-0.2, 0) is 0 Å². The van der Waals surface area contributed by atoms with E-state index in [-0.39, 0.29) is 5.91 Å². The maximum absolute atomic E-state index is 11.6. The Morgan fingerprint density at radius 2 is 2.06 bits per heavy atom. The highest BCUT2D eigenvalue weighted by molar-refractivity contribution is 6.36. The first-order valence-corrected chi connectivity index (χ1v) is 5.88. The number of alkyl halides is 1. The molecule has 1 aromatic carbocycles. The minimum absolute atomic E-state index is 0.235. The third-order valence-electron chi connectivity index (χ3n) is 1.81. The van der Waals surface area contributed by atoms with Gasteiger partial charge in [-0.25, -0.2) is 0 Å². The number of amides is 1. The van der Waals surface area contributed by atoms with Crippen LogP contribution in [0.3, 0.4) is 0 Å². The molecule has 0 atom stereocenters. The molecule has 0 spiro atoms. The van der Waals surface area contributed by atoms with Gasteiger partial charge in [0, 0.05) is 17.4 Å². The Morgan fingerprint density at radius 1 is 1.31 bits per heavy atom. The van der Waals surface area contributed by atoms with Crippen LogP contribution in [0.1, 0.15) is 10.4 Å². The predicted octanol–water partition coefficient (Wildman–Crippen LogP) is 3.52. The van der Waals surface area contributed by atoms with Crippen LogP contribution < -0.4 is 5.32 Å². The van der Waals surface area contributed by atoms with Crippen molar-refractivity contribution in [2.75, 3.05) is 12.4 Å². The maximum atomic E-state index is 11.6. The molecule has 86 valence electrons. The second-order valence-electron chi connectivity index (χ2n) is 2.96. The number of carbonyl (C=O) groups is 1. The fourth-order valence-corrected chi connectivity index (χ4v) is 1.69. The first-order valence-electron chi connectivity index (χ1n) is 4.59. The number of hydrogen-bond acceptors (Lipinski definition) is 1. The van der Waals surface area contributed by atoms with Crippen LogP contribution in [0.25, 0.3) is 0 Å². The van der Waals surface area contributed by atoms with E-state index >= 15 is 0 Å². The minimum atomic E-state index is -0.235. The van der Waals surface area contributed by atoms with Crippen molar-refractivity contribution >= 4 is 40.7 Å². The number of benzene rings is 1. The van der Waals surface area contributed by atoms with Crippen molar-refractivity contribution in [3.63, 3.8) is 0 Å². The van der Waals surface area contributed by atoms with E-state index in [1.165, 1.54) is 6.07 Å². The van der Waals surface area contributed by atoms with Crippen LogP contribution in [-0.4, -0.2) is 18.3 Å². The van der Waals surface area contributed by atoms with Gasteiger partial charge in [-0.2, -0.15) is 0 Å². The summed E-state index contributed by atoms with van der Waals surface area (Å²) in [7, 11) is 0. The largest absolute Gasteiger partial charge is 0.349 e. The molecule has 1 amide bonds. The molecule has 0 saturated heterocycles. The summed E-state index contributed by atoms with van der Waals surface area (Å²) in [6.07, 6.45) is 3.53. The second-order valence-corrected chi connectivity index (χ2v) is 4.11. The molecule has 16 heavy (non-hydrogen) atoms. The molecule has 0 fully saturated rings. The van der Waals surface area contributed by atoms with Crippen molar-refractivity contribution in [3.8, 4) is 0 Å². The molecule has 0 aliphatic rings. The lowest BCUT2D eigenvalue weighted by atomic mass is 10.2. The molecular weight excluding hydrogens is 268 g/mol. The van der Waals surface area contributed by atoms with Crippen LogP contribution in [0.15, 0.2) is 30.4 Å². The Labute approximate surface area is 109 Å². The molecule has 1 rings (SSSR count). The van der Waals surface area contributed by atoms with Crippen molar-refractivity contribution < 1.29 is 4.79 Å². The van der Waals surface area contributed by atoms with Gasteiger partial charge < -0.3 is 5.32 Å². The number of hydrogen-bond donors (Lipinski definition) is 1. The Kier molecular flexibility index (Phi) is 5.67. The Balaban J connectivity index is 2.63. The van der Waals surface area contributed by atoms with Gasteiger partial charge in [0.2, 0.25) is 0 Å².